The first-order valence-electron chi connectivity index (χ1n) is 9.66. The van der Waals surface area contributed by atoms with Gasteiger partial charge in [-0.2, -0.15) is 4.31 Å². The second kappa shape index (κ2) is 8.05. The van der Waals surface area contributed by atoms with Crippen molar-refractivity contribution in [3.8, 4) is 0 Å². The number of sulfonamides is 1. The lowest BCUT2D eigenvalue weighted by molar-refractivity contribution is 0.102. The van der Waals surface area contributed by atoms with Crippen molar-refractivity contribution in [3.05, 3.63) is 59.2 Å². The summed E-state index contributed by atoms with van der Waals surface area (Å²) in [5.74, 6) is 0.445. The monoisotopic (exact) mass is 400 g/mol. The van der Waals surface area contributed by atoms with Gasteiger partial charge in [0.15, 0.2) is 0 Å². The third-order valence-corrected chi connectivity index (χ3v) is 7.29. The van der Waals surface area contributed by atoms with Crippen LogP contribution in [0, 0.1) is 25.7 Å². The number of nitrogens with zero attached hydrogens (tertiary/aromatic N) is 1. The molecular formula is C22H28N2O3S. The van der Waals surface area contributed by atoms with Gasteiger partial charge in [0, 0.05) is 24.3 Å². The van der Waals surface area contributed by atoms with Gasteiger partial charge < -0.3 is 5.32 Å². The van der Waals surface area contributed by atoms with Crippen molar-refractivity contribution < 1.29 is 13.2 Å². The molecule has 5 nitrogen and oxygen atoms in total. The maximum absolute atomic E-state index is 13.0. The predicted molar refractivity (Wildman–Crippen MR) is 112 cm³/mol. The van der Waals surface area contributed by atoms with Crippen molar-refractivity contribution >= 4 is 21.6 Å². The third kappa shape index (κ3) is 4.28. The standard InChI is InChI=1S/C22H28N2O3S/c1-15-12-16(2)14-24(13-15)28(26,27)20-10-8-19(9-11-20)22(25)23-21-7-5-6-17(3)18(21)4/h5-11,15-16H,12-14H2,1-4H3,(H,23,25). The van der Waals surface area contributed by atoms with Gasteiger partial charge in [0.25, 0.3) is 5.91 Å². The number of carbonyl (C=O) groups is 1. The molecule has 2 unspecified atom stereocenters. The highest BCUT2D eigenvalue weighted by Gasteiger charge is 2.31. The molecule has 1 heterocycles. The van der Waals surface area contributed by atoms with Crippen molar-refractivity contribution in [2.75, 3.05) is 18.4 Å². The van der Waals surface area contributed by atoms with Gasteiger partial charge >= 0.3 is 0 Å². The van der Waals surface area contributed by atoms with E-state index in [-0.39, 0.29) is 10.8 Å². The van der Waals surface area contributed by atoms with E-state index in [2.05, 4.69) is 19.2 Å². The van der Waals surface area contributed by atoms with E-state index in [0.717, 1.165) is 23.2 Å². The normalized spacial score (nSPS) is 20.7. The number of nitrogens with one attached hydrogen (secondary N) is 1. The summed E-state index contributed by atoms with van der Waals surface area (Å²) in [6, 6.07) is 11.9. The molecule has 1 aliphatic heterocycles. The molecule has 0 aromatic heterocycles. The van der Waals surface area contributed by atoms with Crippen LogP contribution in [0.3, 0.4) is 0 Å². The predicted octanol–water partition coefficient (Wildman–Crippen LogP) is 4.22. The third-order valence-electron chi connectivity index (χ3n) is 5.44. The van der Waals surface area contributed by atoms with Crippen LogP contribution in [-0.4, -0.2) is 31.7 Å². The number of hydrogen-bond donors (Lipinski definition) is 1. The summed E-state index contributed by atoms with van der Waals surface area (Å²) in [7, 11) is -3.54. The molecule has 2 atom stereocenters. The minimum absolute atomic E-state index is 0.233. The van der Waals surface area contributed by atoms with Gasteiger partial charge in [0.05, 0.1) is 4.90 Å². The Bertz CT molecular complexity index is 958. The Balaban J connectivity index is 1.77. The molecule has 0 aliphatic carbocycles. The Labute approximate surface area is 167 Å². The van der Waals surface area contributed by atoms with Gasteiger partial charge in [-0.1, -0.05) is 26.0 Å². The molecule has 2 aromatic carbocycles. The van der Waals surface area contributed by atoms with E-state index in [0.29, 0.717) is 30.5 Å². The number of aryl methyl sites for hydroxylation is 1. The molecule has 0 bridgehead atoms. The lowest BCUT2D eigenvalue weighted by Crippen LogP contribution is -2.42. The van der Waals surface area contributed by atoms with Crippen molar-refractivity contribution in [1.82, 2.24) is 4.31 Å². The number of hydrogen-bond acceptors (Lipinski definition) is 3. The molecular weight excluding hydrogens is 372 g/mol. The van der Waals surface area contributed by atoms with Crippen LogP contribution in [0.25, 0.3) is 0 Å². The van der Waals surface area contributed by atoms with Gasteiger partial charge in [-0.15, -0.1) is 0 Å². The van der Waals surface area contributed by atoms with E-state index in [1.165, 1.54) is 12.1 Å². The molecule has 1 saturated heterocycles. The number of piperidine rings is 1. The first kappa shape index (κ1) is 20.6. The van der Waals surface area contributed by atoms with E-state index < -0.39 is 10.0 Å². The van der Waals surface area contributed by atoms with Gasteiger partial charge in [-0.25, -0.2) is 8.42 Å². The molecule has 1 N–H and O–H groups in total. The topological polar surface area (TPSA) is 66.5 Å². The highest BCUT2D eigenvalue weighted by Crippen LogP contribution is 2.27. The Morgan fingerprint density at radius 1 is 1.00 bits per heavy atom. The van der Waals surface area contributed by atoms with E-state index in [9.17, 15) is 13.2 Å². The minimum Gasteiger partial charge on any atom is -0.322 e. The number of carbonyl (C=O) groups excluding carboxylic acids is 1. The van der Waals surface area contributed by atoms with Crippen LogP contribution in [0.2, 0.25) is 0 Å². The summed E-state index contributed by atoms with van der Waals surface area (Å²) in [6.45, 7) is 9.20. The second-order valence-corrected chi connectivity index (χ2v) is 9.93. The maximum Gasteiger partial charge on any atom is 0.255 e. The zero-order chi connectivity index (χ0) is 20.5. The first-order valence-corrected chi connectivity index (χ1v) is 11.1. The molecule has 1 fully saturated rings. The van der Waals surface area contributed by atoms with Crippen LogP contribution in [0.15, 0.2) is 47.4 Å². The minimum atomic E-state index is -3.54. The van der Waals surface area contributed by atoms with Crippen LogP contribution in [-0.2, 0) is 10.0 Å². The SMILES string of the molecule is Cc1cccc(NC(=O)c2ccc(S(=O)(=O)N3CC(C)CC(C)C3)cc2)c1C. The summed E-state index contributed by atoms with van der Waals surface area (Å²) in [4.78, 5) is 12.8. The van der Waals surface area contributed by atoms with E-state index >= 15 is 0 Å². The molecule has 1 amide bonds. The smallest absolute Gasteiger partial charge is 0.255 e. The quantitative estimate of drug-likeness (QED) is 0.835. The highest BCUT2D eigenvalue weighted by atomic mass is 32.2. The summed E-state index contributed by atoms with van der Waals surface area (Å²) in [5, 5.41) is 2.90. The number of benzene rings is 2. The van der Waals surface area contributed by atoms with Crippen LogP contribution in [0.4, 0.5) is 5.69 Å². The lowest BCUT2D eigenvalue weighted by atomic mass is 9.94. The Hall–Kier alpha value is -2.18. The molecule has 1 aliphatic rings. The van der Waals surface area contributed by atoms with Crippen LogP contribution < -0.4 is 5.32 Å². The summed E-state index contributed by atoms with van der Waals surface area (Å²) in [5.41, 5.74) is 3.31. The maximum atomic E-state index is 13.0. The van der Waals surface area contributed by atoms with E-state index in [4.69, 9.17) is 0 Å². The van der Waals surface area contributed by atoms with Crippen molar-refractivity contribution in [3.63, 3.8) is 0 Å². The molecule has 0 radical (unpaired) electrons. The fraction of sp³-hybridized carbons (Fsp3) is 0.409. The van der Waals surface area contributed by atoms with Gasteiger partial charge in [-0.05, 0) is 73.6 Å². The molecule has 3 rings (SSSR count). The average molecular weight is 401 g/mol. The number of anilines is 1. The Kier molecular flexibility index (Phi) is 5.91. The molecule has 6 heteroatoms. The van der Waals surface area contributed by atoms with Gasteiger partial charge in [0.1, 0.15) is 0 Å². The number of amides is 1. The fourth-order valence-corrected chi connectivity index (χ4v) is 5.49. The van der Waals surface area contributed by atoms with E-state index in [1.807, 2.05) is 32.0 Å². The van der Waals surface area contributed by atoms with Crippen LogP contribution in [0.1, 0.15) is 41.8 Å². The largest absolute Gasteiger partial charge is 0.322 e. The lowest BCUT2D eigenvalue weighted by Gasteiger charge is -2.34. The summed E-state index contributed by atoms with van der Waals surface area (Å²) < 4.78 is 27.5. The van der Waals surface area contributed by atoms with Crippen LogP contribution >= 0.6 is 0 Å². The second-order valence-electron chi connectivity index (χ2n) is 7.99. The summed E-state index contributed by atoms with van der Waals surface area (Å²) >= 11 is 0. The van der Waals surface area contributed by atoms with Gasteiger partial charge in [0.2, 0.25) is 10.0 Å². The average Bonchev–Trinajstić information content (AvgIpc) is 2.64. The van der Waals surface area contributed by atoms with Crippen LogP contribution in [0.5, 0.6) is 0 Å². The molecule has 2 aromatic rings. The molecule has 0 spiro atoms. The highest BCUT2D eigenvalue weighted by molar-refractivity contribution is 7.89. The molecule has 150 valence electrons. The zero-order valence-electron chi connectivity index (χ0n) is 16.9. The van der Waals surface area contributed by atoms with Crippen molar-refractivity contribution in [1.29, 1.82) is 0 Å². The zero-order valence-corrected chi connectivity index (χ0v) is 17.7. The Morgan fingerprint density at radius 2 is 1.61 bits per heavy atom. The van der Waals surface area contributed by atoms with Gasteiger partial charge in [-0.3, -0.25) is 4.79 Å². The molecule has 28 heavy (non-hydrogen) atoms. The number of rotatable bonds is 4. The fourth-order valence-electron chi connectivity index (χ4n) is 3.81. The van der Waals surface area contributed by atoms with Crippen molar-refractivity contribution in [2.24, 2.45) is 11.8 Å². The summed E-state index contributed by atoms with van der Waals surface area (Å²) in [6.07, 6.45) is 1.05. The first-order chi connectivity index (χ1) is 13.2. The van der Waals surface area contributed by atoms with Crippen molar-refractivity contribution in [2.45, 2.75) is 39.0 Å². The van der Waals surface area contributed by atoms with E-state index in [1.54, 1.807) is 16.4 Å². The Morgan fingerprint density at radius 3 is 2.21 bits per heavy atom. The molecule has 0 saturated carbocycles.